The van der Waals surface area contributed by atoms with Crippen molar-refractivity contribution in [1.29, 1.82) is 0 Å². The molecule has 0 spiro atoms. The van der Waals surface area contributed by atoms with Crippen molar-refractivity contribution >= 4 is 23.0 Å². The number of nitrogens with zero attached hydrogens (tertiary/aromatic N) is 1. The zero-order valence-corrected chi connectivity index (χ0v) is 15.0. The van der Waals surface area contributed by atoms with E-state index in [4.69, 9.17) is 4.74 Å². The van der Waals surface area contributed by atoms with E-state index in [1.165, 1.54) is 0 Å². The van der Waals surface area contributed by atoms with Crippen LogP contribution < -0.4 is 10.1 Å². The molecule has 2 rings (SSSR count). The van der Waals surface area contributed by atoms with Crippen LogP contribution in [0.3, 0.4) is 0 Å². The summed E-state index contributed by atoms with van der Waals surface area (Å²) in [6.07, 6.45) is 0.386. The van der Waals surface area contributed by atoms with E-state index in [9.17, 15) is 9.59 Å². The lowest BCUT2D eigenvalue weighted by Crippen LogP contribution is -2.27. The quantitative estimate of drug-likeness (QED) is 0.744. The van der Waals surface area contributed by atoms with Gasteiger partial charge in [-0.2, -0.15) is 0 Å². The lowest BCUT2D eigenvalue weighted by Gasteiger charge is -2.10. The van der Waals surface area contributed by atoms with Gasteiger partial charge in [0.15, 0.2) is 5.78 Å². The van der Waals surface area contributed by atoms with Crippen LogP contribution in [-0.4, -0.2) is 30.3 Å². The standard InChI is InChI=1S/C18H22N2O3S/c1-12(18-20-13(2)11-24-18)10-19-17(22)9-8-16(21)14-4-6-15(23-3)7-5-14/h4-7,11-12H,8-10H2,1-3H3,(H,19,22)/t12-/m0/s1. The topological polar surface area (TPSA) is 68.3 Å². The van der Waals surface area contributed by atoms with Gasteiger partial charge in [0.1, 0.15) is 5.75 Å². The molecule has 0 radical (unpaired) electrons. The van der Waals surface area contributed by atoms with E-state index in [1.54, 1.807) is 42.7 Å². The van der Waals surface area contributed by atoms with Crippen molar-refractivity contribution in [2.45, 2.75) is 32.6 Å². The van der Waals surface area contributed by atoms with E-state index in [1.807, 2.05) is 19.2 Å². The van der Waals surface area contributed by atoms with E-state index in [-0.39, 0.29) is 30.4 Å². The van der Waals surface area contributed by atoms with Gasteiger partial charge in [-0.05, 0) is 31.2 Å². The van der Waals surface area contributed by atoms with Crippen LogP contribution in [0.15, 0.2) is 29.6 Å². The Balaban J connectivity index is 1.74. The highest BCUT2D eigenvalue weighted by Crippen LogP contribution is 2.19. The van der Waals surface area contributed by atoms with Crippen LogP contribution in [0.4, 0.5) is 0 Å². The van der Waals surface area contributed by atoms with Crippen molar-refractivity contribution in [3.63, 3.8) is 0 Å². The molecule has 1 amide bonds. The molecule has 1 aromatic carbocycles. The minimum Gasteiger partial charge on any atom is -0.497 e. The fourth-order valence-corrected chi connectivity index (χ4v) is 3.05. The van der Waals surface area contributed by atoms with Crippen molar-refractivity contribution in [2.24, 2.45) is 0 Å². The number of amides is 1. The van der Waals surface area contributed by atoms with Gasteiger partial charge in [-0.1, -0.05) is 6.92 Å². The van der Waals surface area contributed by atoms with Gasteiger partial charge in [-0.15, -0.1) is 11.3 Å². The second kappa shape index (κ2) is 8.59. The Kier molecular flexibility index (Phi) is 6.49. The summed E-state index contributed by atoms with van der Waals surface area (Å²) in [5.41, 5.74) is 1.59. The smallest absolute Gasteiger partial charge is 0.220 e. The third-order valence-corrected chi connectivity index (χ3v) is 4.85. The summed E-state index contributed by atoms with van der Waals surface area (Å²) in [5.74, 6) is 0.717. The first-order valence-electron chi connectivity index (χ1n) is 7.85. The Bertz CT molecular complexity index is 695. The zero-order chi connectivity index (χ0) is 17.5. The van der Waals surface area contributed by atoms with Gasteiger partial charge < -0.3 is 10.1 Å². The minimum atomic E-state index is -0.114. The van der Waals surface area contributed by atoms with Crippen molar-refractivity contribution in [3.05, 3.63) is 45.9 Å². The van der Waals surface area contributed by atoms with Crippen molar-refractivity contribution in [3.8, 4) is 5.75 Å². The summed E-state index contributed by atoms with van der Waals surface area (Å²) in [5, 5.41) is 5.89. The van der Waals surface area contributed by atoms with Crippen LogP contribution in [0.25, 0.3) is 0 Å². The molecule has 1 heterocycles. The summed E-state index contributed by atoms with van der Waals surface area (Å²) >= 11 is 1.60. The number of rotatable bonds is 8. The molecule has 1 N–H and O–H groups in total. The van der Waals surface area contributed by atoms with Gasteiger partial charge >= 0.3 is 0 Å². The Labute approximate surface area is 146 Å². The highest BCUT2D eigenvalue weighted by molar-refractivity contribution is 7.09. The van der Waals surface area contributed by atoms with E-state index in [0.29, 0.717) is 17.9 Å². The molecule has 0 saturated heterocycles. The van der Waals surface area contributed by atoms with Gasteiger partial charge in [0, 0.05) is 41.9 Å². The van der Waals surface area contributed by atoms with Gasteiger partial charge in [0.2, 0.25) is 5.91 Å². The minimum absolute atomic E-state index is 0.0450. The molecule has 0 aliphatic carbocycles. The monoisotopic (exact) mass is 346 g/mol. The third kappa shape index (κ3) is 5.16. The molecule has 1 aromatic heterocycles. The Morgan fingerprint density at radius 1 is 1.25 bits per heavy atom. The summed E-state index contributed by atoms with van der Waals surface area (Å²) in [4.78, 5) is 28.4. The Morgan fingerprint density at radius 2 is 1.96 bits per heavy atom. The molecule has 0 aliphatic rings. The predicted molar refractivity (Wildman–Crippen MR) is 94.8 cm³/mol. The first-order chi connectivity index (χ1) is 11.5. The number of hydrogen-bond donors (Lipinski definition) is 1. The molecule has 0 fully saturated rings. The molecule has 2 aromatic rings. The van der Waals surface area contributed by atoms with E-state index in [0.717, 1.165) is 10.7 Å². The number of hydrogen-bond acceptors (Lipinski definition) is 5. The molecule has 0 unspecified atom stereocenters. The van der Waals surface area contributed by atoms with Crippen LogP contribution >= 0.6 is 11.3 Å². The number of ether oxygens (including phenoxy) is 1. The number of aromatic nitrogens is 1. The highest BCUT2D eigenvalue weighted by atomic mass is 32.1. The van der Waals surface area contributed by atoms with Crippen LogP contribution in [0.1, 0.15) is 46.7 Å². The molecule has 24 heavy (non-hydrogen) atoms. The zero-order valence-electron chi connectivity index (χ0n) is 14.2. The second-order valence-corrected chi connectivity index (χ2v) is 6.57. The molecular weight excluding hydrogens is 324 g/mol. The maximum atomic E-state index is 12.1. The maximum Gasteiger partial charge on any atom is 0.220 e. The summed E-state index contributed by atoms with van der Waals surface area (Å²) in [6, 6.07) is 6.91. The molecule has 0 bridgehead atoms. The average molecular weight is 346 g/mol. The number of carbonyl (C=O) groups excluding carboxylic acids is 2. The van der Waals surface area contributed by atoms with Crippen LogP contribution in [0, 0.1) is 6.92 Å². The normalized spacial score (nSPS) is 11.8. The van der Waals surface area contributed by atoms with Gasteiger partial charge in [0.25, 0.3) is 0 Å². The van der Waals surface area contributed by atoms with Gasteiger partial charge in [-0.25, -0.2) is 4.98 Å². The molecule has 0 aliphatic heterocycles. The lowest BCUT2D eigenvalue weighted by molar-refractivity contribution is -0.121. The predicted octanol–water partition coefficient (Wildman–Crippen LogP) is 3.34. The number of ketones is 1. The molecule has 5 nitrogen and oxygen atoms in total. The first-order valence-corrected chi connectivity index (χ1v) is 8.73. The molecule has 128 valence electrons. The van der Waals surface area contributed by atoms with Gasteiger partial charge in [0.05, 0.1) is 12.1 Å². The number of carbonyl (C=O) groups is 2. The van der Waals surface area contributed by atoms with Crippen LogP contribution in [0.2, 0.25) is 0 Å². The molecule has 1 atom stereocenters. The number of methoxy groups -OCH3 is 1. The van der Waals surface area contributed by atoms with E-state index < -0.39 is 0 Å². The fourth-order valence-electron chi connectivity index (χ4n) is 2.19. The molecule has 0 saturated carbocycles. The van der Waals surface area contributed by atoms with Crippen LogP contribution in [0.5, 0.6) is 5.75 Å². The highest BCUT2D eigenvalue weighted by Gasteiger charge is 2.13. The summed E-state index contributed by atoms with van der Waals surface area (Å²) in [7, 11) is 1.58. The van der Waals surface area contributed by atoms with Gasteiger partial charge in [-0.3, -0.25) is 9.59 Å². The summed E-state index contributed by atoms with van der Waals surface area (Å²) in [6.45, 7) is 4.51. The molecule has 6 heteroatoms. The number of aryl methyl sites for hydroxylation is 1. The third-order valence-electron chi connectivity index (χ3n) is 3.65. The second-order valence-electron chi connectivity index (χ2n) is 5.68. The van der Waals surface area contributed by atoms with Crippen LogP contribution in [-0.2, 0) is 4.79 Å². The first kappa shape index (κ1) is 18.1. The average Bonchev–Trinajstić information content (AvgIpc) is 3.04. The van der Waals surface area contributed by atoms with Crippen molar-refractivity contribution in [2.75, 3.05) is 13.7 Å². The van der Waals surface area contributed by atoms with Crippen molar-refractivity contribution in [1.82, 2.24) is 10.3 Å². The SMILES string of the molecule is COc1ccc(C(=O)CCC(=O)NC[C@H](C)c2nc(C)cs2)cc1. The maximum absolute atomic E-state index is 12.1. The van der Waals surface area contributed by atoms with E-state index >= 15 is 0 Å². The van der Waals surface area contributed by atoms with E-state index in [2.05, 4.69) is 10.3 Å². The lowest BCUT2D eigenvalue weighted by atomic mass is 10.1. The number of Topliss-reactive ketones (excluding diaryl/α,β-unsaturated/α-hetero) is 1. The Morgan fingerprint density at radius 3 is 2.54 bits per heavy atom. The summed E-state index contributed by atoms with van der Waals surface area (Å²) < 4.78 is 5.06. The largest absolute Gasteiger partial charge is 0.497 e. The number of benzene rings is 1. The number of nitrogens with one attached hydrogen (secondary N) is 1. The molecular formula is C18H22N2O3S. The number of thiazole rings is 1. The fraction of sp³-hybridized carbons (Fsp3) is 0.389. The Hall–Kier alpha value is -2.21. The van der Waals surface area contributed by atoms with Crippen molar-refractivity contribution < 1.29 is 14.3 Å².